The number of hydrogen-bond acceptors (Lipinski definition) is 3. The molecule has 1 unspecified atom stereocenters. The predicted molar refractivity (Wildman–Crippen MR) is 101 cm³/mol. The van der Waals surface area contributed by atoms with Gasteiger partial charge in [0.15, 0.2) is 0 Å². The molecule has 0 aliphatic carbocycles. The minimum Gasteiger partial charge on any atom is -0.343 e. The molecule has 24 heavy (non-hydrogen) atoms. The Morgan fingerprint density at radius 3 is 2.17 bits per heavy atom. The summed E-state index contributed by atoms with van der Waals surface area (Å²) >= 11 is 0. The van der Waals surface area contributed by atoms with Crippen molar-refractivity contribution in [2.45, 2.75) is 65.8 Å². The number of hydrogen-bond donors (Lipinski definition) is 0. The Hall–Kier alpha value is -0.610. The van der Waals surface area contributed by atoms with Crippen LogP contribution in [0.25, 0.3) is 0 Å². The summed E-state index contributed by atoms with van der Waals surface area (Å²) in [6.07, 6.45) is 5.38. The Morgan fingerprint density at radius 2 is 1.62 bits per heavy atom. The summed E-state index contributed by atoms with van der Waals surface area (Å²) in [6.45, 7) is 17.0. The minimum atomic E-state index is 0.385. The molecule has 0 saturated carbocycles. The van der Waals surface area contributed by atoms with Crippen molar-refractivity contribution in [3.8, 4) is 0 Å². The van der Waals surface area contributed by atoms with Gasteiger partial charge in [0.1, 0.15) is 0 Å². The van der Waals surface area contributed by atoms with E-state index in [0.717, 1.165) is 57.4 Å². The van der Waals surface area contributed by atoms with E-state index in [0.29, 0.717) is 11.9 Å². The molecule has 0 radical (unpaired) electrons. The summed E-state index contributed by atoms with van der Waals surface area (Å²) in [5.41, 5.74) is 0. The van der Waals surface area contributed by atoms with Gasteiger partial charge in [0.2, 0.25) is 5.91 Å². The van der Waals surface area contributed by atoms with E-state index in [1.54, 1.807) is 0 Å². The van der Waals surface area contributed by atoms with Gasteiger partial charge < -0.3 is 9.80 Å². The maximum atomic E-state index is 12.4. The highest BCUT2D eigenvalue weighted by molar-refractivity contribution is 5.76. The monoisotopic (exact) mass is 337 g/mol. The third-order valence-electron chi connectivity index (χ3n) is 6.32. The molecule has 2 rings (SSSR count). The number of amides is 1. The smallest absolute Gasteiger partial charge is 0.222 e. The minimum absolute atomic E-state index is 0.385. The standard InChI is InChI=1S/C20H39N3O/c1-5-18(4)22-15-13-21(14-16-22)10-6-7-20(24)23-11-8-19(9-12-23)17(2)3/h17-19H,5-16H2,1-4H3. The molecule has 2 aliphatic rings. The van der Waals surface area contributed by atoms with E-state index in [1.165, 1.54) is 32.4 Å². The molecular weight excluding hydrogens is 298 g/mol. The van der Waals surface area contributed by atoms with Crippen molar-refractivity contribution in [1.29, 1.82) is 0 Å². The Morgan fingerprint density at radius 1 is 1.00 bits per heavy atom. The van der Waals surface area contributed by atoms with E-state index in [-0.39, 0.29) is 0 Å². The molecule has 0 aromatic heterocycles. The van der Waals surface area contributed by atoms with Gasteiger partial charge in [0.25, 0.3) is 0 Å². The van der Waals surface area contributed by atoms with Crippen LogP contribution in [0.3, 0.4) is 0 Å². The fourth-order valence-electron chi connectivity index (χ4n) is 4.11. The first-order valence-corrected chi connectivity index (χ1v) is 10.3. The van der Waals surface area contributed by atoms with E-state index in [1.807, 2.05) is 0 Å². The second kappa shape index (κ2) is 9.76. The fourth-order valence-corrected chi connectivity index (χ4v) is 4.11. The van der Waals surface area contributed by atoms with Crippen LogP contribution in [0, 0.1) is 11.8 Å². The number of likely N-dealkylation sites (tertiary alicyclic amines) is 1. The molecule has 0 aromatic carbocycles. The van der Waals surface area contributed by atoms with Crippen molar-refractivity contribution in [3.05, 3.63) is 0 Å². The fraction of sp³-hybridized carbons (Fsp3) is 0.950. The predicted octanol–water partition coefficient (Wildman–Crippen LogP) is 3.08. The zero-order valence-electron chi connectivity index (χ0n) is 16.5. The number of carbonyl (C=O) groups is 1. The van der Waals surface area contributed by atoms with Crippen LogP contribution in [0.5, 0.6) is 0 Å². The molecule has 4 nitrogen and oxygen atoms in total. The zero-order chi connectivity index (χ0) is 17.5. The average molecular weight is 338 g/mol. The zero-order valence-corrected chi connectivity index (χ0v) is 16.5. The van der Waals surface area contributed by atoms with Crippen LogP contribution < -0.4 is 0 Å². The Kier molecular flexibility index (Phi) is 8.02. The van der Waals surface area contributed by atoms with E-state index in [2.05, 4.69) is 42.4 Å². The lowest BCUT2D eigenvalue weighted by molar-refractivity contribution is -0.133. The third-order valence-corrected chi connectivity index (χ3v) is 6.32. The number of rotatable bonds is 7. The number of piperazine rings is 1. The summed E-state index contributed by atoms with van der Waals surface area (Å²) in [5.74, 6) is 1.96. The number of nitrogens with zero attached hydrogens (tertiary/aromatic N) is 3. The molecule has 1 atom stereocenters. The summed E-state index contributed by atoms with van der Waals surface area (Å²) in [6, 6.07) is 0.711. The molecule has 0 aromatic rings. The van der Waals surface area contributed by atoms with Crippen molar-refractivity contribution in [2.24, 2.45) is 11.8 Å². The van der Waals surface area contributed by atoms with Gasteiger partial charge in [0.05, 0.1) is 0 Å². The third kappa shape index (κ3) is 5.73. The maximum Gasteiger partial charge on any atom is 0.222 e. The van der Waals surface area contributed by atoms with E-state index in [4.69, 9.17) is 0 Å². The highest BCUT2D eigenvalue weighted by atomic mass is 16.2. The van der Waals surface area contributed by atoms with Crippen LogP contribution in [0.1, 0.15) is 59.8 Å². The highest BCUT2D eigenvalue weighted by Crippen LogP contribution is 2.24. The SMILES string of the molecule is CCC(C)N1CCN(CCCC(=O)N2CCC(C(C)C)CC2)CC1. The van der Waals surface area contributed by atoms with E-state index >= 15 is 0 Å². The van der Waals surface area contributed by atoms with Crippen LogP contribution in [0.4, 0.5) is 0 Å². The molecule has 4 heteroatoms. The quantitative estimate of drug-likeness (QED) is 0.714. The van der Waals surface area contributed by atoms with Crippen LogP contribution >= 0.6 is 0 Å². The molecule has 2 fully saturated rings. The second-order valence-corrected chi connectivity index (χ2v) is 8.20. The van der Waals surface area contributed by atoms with Crippen LogP contribution in [0.15, 0.2) is 0 Å². The first-order valence-electron chi connectivity index (χ1n) is 10.3. The first kappa shape index (κ1) is 19.7. The highest BCUT2D eigenvalue weighted by Gasteiger charge is 2.24. The van der Waals surface area contributed by atoms with Gasteiger partial charge in [-0.2, -0.15) is 0 Å². The van der Waals surface area contributed by atoms with E-state index in [9.17, 15) is 4.79 Å². The summed E-state index contributed by atoms with van der Waals surface area (Å²) in [5, 5.41) is 0. The molecular formula is C20H39N3O. The maximum absolute atomic E-state index is 12.4. The van der Waals surface area contributed by atoms with Crippen molar-refractivity contribution in [2.75, 3.05) is 45.8 Å². The summed E-state index contributed by atoms with van der Waals surface area (Å²) in [7, 11) is 0. The van der Waals surface area contributed by atoms with Crippen molar-refractivity contribution >= 4 is 5.91 Å². The van der Waals surface area contributed by atoms with Crippen LogP contribution in [-0.2, 0) is 4.79 Å². The molecule has 1 amide bonds. The molecule has 0 bridgehead atoms. The van der Waals surface area contributed by atoms with Gasteiger partial charge >= 0.3 is 0 Å². The lowest BCUT2D eigenvalue weighted by Crippen LogP contribution is -2.49. The van der Waals surface area contributed by atoms with Crippen LogP contribution in [-0.4, -0.2) is 72.5 Å². The average Bonchev–Trinajstić information content (AvgIpc) is 2.61. The van der Waals surface area contributed by atoms with Crippen molar-refractivity contribution < 1.29 is 4.79 Å². The largest absolute Gasteiger partial charge is 0.343 e. The summed E-state index contributed by atoms with van der Waals surface area (Å²) in [4.78, 5) is 19.6. The van der Waals surface area contributed by atoms with Gasteiger partial charge in [0, 0.05) is 51.7 Å². The van der Waals surface area contributed by atoms with Crippen LogP contribution in [0.2, 0.25) is 0 Å². The van der Waals surface area contributed by atoms with Gasteiger partial charge in [-0.1, -0.05) is 20.8 Å². The first-order chi connectivity index (χ1) is 11.5. The lowest BCUT2D eigenvalue weighted by Gasteiger charge is -2.38. The van der Waals surface area contributed by atoms with Crippen molar-refractivity contribution in [1.82, 2.24) is 14.7 Å². The Balaban J connectivity index is 1.59. The van der Waals surface area contributed by atoms with Crippen molar-refractivity contribution in [3.63, 3.8) is 0 Å². The molecule has 0 N–H and O–H groups in total. The molecule has 2 saturated heterocycles. The van der Waals surface area contributed by atoms with Gasteiger partial charge in [-0.05, 0) is 51.0 Å². The topological polar surface area (TPSA) is 26.8 Å². The normalized spacial score (nSPS) is 23.0. The van der Waals surface area contributed by atoms with Gasteiger partial charge in [-0.3, -0.25) is 9.69 Å². The lowest BCUT2D eigenvalue weighted by atomic mass is 9.86. The van der Waals surface area contributed by atoms with Gasteiger partial charge in [-0.25, -0.2) is 0 Å². The number of piperidine rings is 1. The van der Waals surface area contributed by atoms with E-state index < -0.39 is 0 Å². The summed E-state index contributed by atoms with van der Waals surface area (Å²) < 4.78 is 0. The molecule has 2 aliphatic heterocycles. The molecule has 140 valence electrons. The Labute approximate surface area is 149 Å². The second-order valence-electron chi connectivity index (χ2n) is 8.20. The molecule has 2 heterocycles. The Bertz CT molecular complexity index is 369. The number of carbonyl (C=O) groups excluding carboxylic acids is 1. The van der Waals surface area contributed by atoms with Gasteiger partial charge in [-0.15, -0.1) is 0 Å². The molecule has 0 spiro atoms.